The van der Waals surface area contributed by atoms with Gasteiger partial charge in [-0.2, -0.15) is 4.31 Å². The second kappa shape index (κ2) is 9.40. The Morgan fingerprint density at radius 1 is 1.12 bits per heavy atom. The van der Waals surface area contributed by atoms with Gasteiger partial charge >= 0.3 is 6.09 Å². The summed E-state index contributed by atoms with van der Waals surface area (Å²) in [5.74, 6) is 0. The molecule has 0 bridgehead atoms. The van der Waals surface area contributed by atoms with E-state index in [-0.39, 0.29) is 23.4 Å². The molecule has 2 aromatic carbocycles. The number of para-hydroxylation sites is 1. The second-order valence-electron chi connectivity index (χ2n) is 8.20. The number of benzene rings is 2. The minimum absolute atomic E-state index is 0.152. The Labute approximate surface area is 190 Å². The van der Waals surface area contributed by atoms with Gasteiger partial charge in [0, 0.05) is 23.9 Å². The molecule has 1 amide bonds. The van der Waals surface area contributed by atoms with Crippen LogP contribution in [-0.4, -0.2) is 40.3 Å². The number of ether oxygens (including phenoxy) is 1. The summed E-state index contributed by atoms with van der Waals surface area (Å²) in [7, 11) is -4.76. The highest BCUT2D eigenvalue weighted by molar-refractivity contribution is 7.89. The van der Waals surface area contributed by atoms with Crippen LogP contribution in [0.2, 0.25) is 0 Å². The summed E-state index contributed by atoms with van der Waals surface area (Å²) in [6.07, 6.45) is -1.45. The molecular weight excluding hydrogens is 456 g/mol. The quantitative estimate of drug-likeness (QED) is 0.352. The van der Waals surface area contributed by atoms with Gasteiger partial charge in [-0.05, 0) is 51.8 Å². The van der Waals surface area contributed by atoms with E-state index in [1.54, 1.807) is 0 Å². The molecule has 2 N–H and O–H groups in total. The van der Waals surface area contributed by atoms with Crippen molar-refractivity contribution in [2.45, 2.75) is 50.7 Å². The van der Waals surface area contributed by atoms with Gasteiger partial charge in [0.25, 0.3) is 21.4 Å². The number of hydrogen-bond donors (Lipinski definition) is 1. The Morgan fingerprint density at radius 2 is 1.73 bits per heavy atom. The minimum atomic E-state index is -4.76. The lowest BCUT2D eigenvalue weighted by Gasteiger charge is -2.31. The van der Waals surface area contributed by atoms with Gasteiger partial charge in [-0.3, -0.25) is 20.2 Å². The van der Waals surface area contributed by atoms with Crippen molar-refractivity contribution in [3.63, 3.8) is 0 Å². The first-order chi connectivity index (χ1) is 15.1. The van der Waals surface area contributed by atoms with E-state index in [0.29, 0.717) is 4.31 Å². The van der Waals surface area contributed by atoms with Crippen molar-refractivity contribution in [1.82, 2.24) is 4.31 Å². The first-order valence-electron chi connectivity index (χ1n) is 9.68. The summed E-state index contributed by atoms with van der Waals surface area (Å²) in [4.78, 5) is 33.3. The van der Waals surface area contributed by atoms with Crippen LogP contribution in [0.4, 0.5) is 21.9 Å². The van der Waals surface area contributed by atoms with Crippen LogP contribution >= 0.6 is 0 Å². The smallest absolute Gasteiger partial charge is 0.424 e. The highest BCUT2D eigenvalue weighted by Gasteiger charge is 2.40. The monoisotopic (exact) mass is 480 g/mol. The van der Waals surface area contributed by atoms with Gasteiger partial charge in [-0.25, -0.2) is 13.2 Å². The highest BCUT2D eigenvalue weighted by atomic mass is 32.2. The Morgan fingerprint density at radius 3 is 2.27 bits per heavy atom. The van der Waals surface area contributed by atoms with Crippen LogP contribution in [0.5, 0.6) is 0 Å². The van der Waals surface area contributed by atoms with E-state index in [4.69, 9.17) is 10.5 Å². The predicted molar refractivity (Wildman–Crippen MR) is 119 cm³/mol. The number of amides is 1. The molecule has 1 unspecified atom stereocenters. The van der Waals surface area contributed by atoms with Crippen molar-refractivity contribution < 1.29 is 27.8 Å². The number of nitro groups is 2. The zero-order chi connectivity index (χ0) is 25.1. The maximum atomic E-state index is 13.5. The van der Waals surface area contributed by atoms with Crippen molar-refractivity contribution >= 4 is 33.2 Å². The van der Waals surface area contributed by atoms with Crippen LogP contribution in [-0.2, 0) is 21.2 Å². The molecule has 1 atom stereocenters. The number of nitro benzene ring substituents is 2. The lowest BCUT2D eigenvalue weighted by atomic mass is 10.0. The molecule has 0 heterocycles. The number of hydrogen-bond acceptors (Lipinski definition) is 9. The SMILES string of the molecule is CC(Cc1cc([N+](=O)[O-])ccc1N)N(C(=O)OC(C)(C)C)S(=O)(=O)c1ccccc1[N+](=O)[O-]. The number of nitrogens with two attached hydrogens (primary N) is 1. The number of rotatable bonds is 7. The van der Waals surface area contributed by atoms with Crippen LogP contribution in [0.1, 0.15) is 33.3 Å². The van der Waals surface area contributed by atoms with E-state index in [1.807, 2.05) is 0 Å². The lowest BCUT2D eigenvalue weighted by molar-refractivity contribution is -0.387. The normalized spacial score (nSPS) is 12.6. The van der Waals surface area contributed by atoms with Crippen LogP contribution in [0, 0.1) is 20.2 Å². The van der Waals surface area contributed by atoms with Gasteiger partial charge in [-0.15, -0.1) is 0 Å². The van der Waals surface area contributed by atoms with Crippen LogP contribution in [0.15, 0.2) is 47.4 Å². The summed E-state index contributed by atoms with van der Waals surface area (Å²) in [6, 6.07) is 7.11. The molecule has 0 saturated carbocycles. The summed E-state index contributed by atoms with van der Waals surface area (Å²) in [5, 5.41) is 22.5. The largest absolute Gasteiger partial charge is 0.443 e. The summed E-state index contributed by atoms with van der Waals surface area (Å²) < 4.78 is 32.6. The first kappa shape index (κ1) is 25.5. The van der Waals surface area contributed by atoms with Gasteiger partial charge in [0.15, 0.2) is 4.90 Å². The molecule has 33 heavy (non-hydrogen) atoms. The summed E-state index contributed by atoms with van der Waals surface area (Å²) >= 11 is 0. The minimum Gasteiger partial charge on any atom is -0.443 e. The van der Waals surface area contributed by atoms with Crippen LogP contribution < -0.4 is 5.73 Å². The number of nitrogen functional groups attached to an aromatic ring is 1. The number of anilines is 1. The lowest BCUT2D eigenvalue weighted by Crippen LogP contribution is -2.46. The maximum absolute atomic E-state index is 13.5. The third-order valence-corrected chi connectivity index (χ3v) is 6.35. The Kier molecular flexibility index (Phi) is 7.27. The van der Waals surface area contributed by atoms with Crippen LogP contribution in [0.3, 0.4) is 0 Å². The second-order valence-corrected chi connectivity index (χ2v) is 9.98. The molecule has 0 spiro atoms. The molecule has 2 aromatic rings. The van der Waals surface area contributed by atoms with Gasteiger partial charge in [0.2, 0.25) is 0 Å². The first-order valence-corrected chi connectivity index (χ1v) is 11.1. The fourth-order valence-electron chi connectivity index (χ4n) is 3.04. The number of carbonyl (C=O) groups excluding carboxylic acids is 1. The topological polar surface area (TPSA) is 176 Å². The van der Waals surface area contributed by atoms with Crippen molar-refractivity contribution in [3.05, 3.63) is 68.3 Å². The fourth-order valence-corrected chi connectivity index (χ4v) is 4.69. The molecule has 0 fully saturated rings. The average Bonchev–Trinajstić information content (AvgIpc) is 2.67. The molecule has 0 radical (unpaired) electrons. The summed E-state index contributed by atoms with van der Waals surface area (Å²) in [6.45, 7) is 5.96. The molecule has 0 saturated heterocycles. The van der Waals surface area contributed by atoms with Crippen molar-refractivity contribution in [2.75, 3.05) is 5.73 Å². The molecule has 0 aliphatic carbocycles. The van der Waals surface area contributed by atoms with E-state index in [9.17, 15) is 33.4 Å². The zero-order valence-corrected chi connectivity index (χ0v) is 19.2. The molecule has 0 aliphatic heterocycles. The fraction of sp³-hybridized carbons (Fsp3) is 0.350. The van der Waals surface area contributed by atoms with E-state index in [1.165, 1.54) is 58.0 Å². The Hall–Kier alpha value is -3.74. The zero-order valence-electron chi connectivity index (χ0n) is 18.4. The van der Waals surface area contributed by atoms with E-state index < -0.39 is 48.2 Å². The summed E-state index contributed by atoms with van der Waals surface area (Å²) in [5.41, 5.74) is 4.23. The number of sulfonamides is 1. The van der Waals surface area contributed by atoms with Crippen molar-refractivity contribution in [3.8, 4) is 0 Å². The van der Waals surface area contributed by atoms with Crippen LogP contribution in [0.25, 0.3) is 0 Å². The van der Waals surface area contributed by atoms with E-state index in [0.717, 1.165) is 12.1 Å². The third-order valence-electron chi connectivity index (χ3n) is 4.43. The molecular formula is C20H24N4O8S. The third kappa shape index (κ3) is 5.94. The molecule has 12 nitrogen and oxygen atoms in total. The van der Waals surface area contributed by atoms with E-state index >= 15 is 0 Å². The number of carbonyl (C=O) groups is 1. The highest BCUT2D eigenvalue weighted by Crippen LogP contribution is 2.30. The van der Waals surface area contributed by atoms with Crippen molar-refractivity contribution in [2.24, 2.45) is 0 Å². The van der Waals surface area contributed by atoms with E-state index in [2.05, 4.69) is 0 Å². The molecule has 13 heteroatoms. The number of nitrogens with zero attached hydrogens (tertiary/aromatic N) is 3. The van der Waals surface area contributed by atoms with Gasteiger partial charge in [0.05, 0.1) is 15.9 Å². The molecule has 2 rings (SSSR count). The predicted octanol–water partition coefficient (Wildman–Crippen LogP) is 3.64. The van der Waals surface area contributed by atoms with Crippen molar-refractivity contribution in [1.29, 1.82) is 0 Å². The molecule has 0 aromatic heterocycles. The Balaban J connectivity index is 2.60. The average molecular weight is 480 g/mol. The van der Waals surface area contributed by atoms with Gasteiger partial charge in [0.1, 0.15) is 5.60 Å². The number of non-ortho nitro benzene ring substituents is 1. The maximum Gasteiger partial charge on any atom is 0.424 e. The molecule has 178 valence electrons. The standard InChI is InChI=1S/C20H24N4O8S/c1-13(11-14-12-15(23(26)27)9-10-16(14)21)22(19(25)32-20(2,3)4)33(30,31)18-8-6-5-7-17(18)24(28)29/h5-10,12-13H,11,21H2,1-4H3. The molecule has 0 aliphatic rings. The van der Waals surface area contributed by atoms with Gasteiger partial charge in [-0.1, -0.05) is 12.1 Å². The Bertz CT molecular complexity index is 1190. The van der Waals surface area contributed by atoms with Gasteiger partial charge < -0.3 is 10.5 Å².